The van der Waals surface area contributed by atoms with E-state index >= 15 is 0 Å². The van der Waals surface area contributed by atoms with Crippen molar-refractivity contribution in [2.45, 2.75) is 0 Å². The van der Waals surface area contributed by atoms with Crippen molar-refractivity contribution in [3.05, 3.63) is 7.43 Å². The molecule has 0 aromatic heterocycles. The molecule has 4 heteroatoms. The van der Waals surface area contributed by atoms with Gasteiger partial charge in [0.05, 0.1) is 0 Å². The van der Waals surface area contributed by atoms with Gasteiger partial charge in [-0.1, -0.05) is 0 Å². The summed E-state index contributed by atoms with van der Waals surface area (Å²) in [7, 11) is 0. The summed E-state index contributed by atoms with van der Waals surface area (Å²) in [5.41, 5.74) is 0. The molecule has 0 amide bonds. The van der Waals surface area contributed by atoms with Crippen LogP contribution in [0.15, 0.2) is 0 Å². The van der Waals surface area contributed by atoms with Gasteiger partial charge in [-0.25, -0.2) is 0 Å². The molecule has 0 aliphatic heterocycles. The predicted octanol–water partition coefficient (Wildman–Crippen LogP) is -0.685. The summed E-state index contributed by atoms with van der Waals surface area (Å²) in [6.45, 7) is 0. The van der Waals surface area contributed by atoms with Gasteiger partial charge in [0.15, 0.2) is 0 Å². The fourth-order valence-electron chi connectivity index (χ4n) is 0. The molecule has 0 aliphatic carbocycles. The summed E-state index contributed by atoms with van der Waals surface area (Å²) in [6, 6.07) is 0. The molecule has 0 heterocycles. The van der Waals surface area contributed by atoms with E-state index in [1.54, 1.807) is 0 Å². The van der Waals surface area contributed by atoms with E-state index in [1.807, 2.05) is 0 Å². The quantitative estimate of drug-likeness (QED) is 0.507. The van der Waals surface area contributed by atoms with E-state index in [0.29, 0.717) is 0 Å². The molecule has 0 aromatic carbocycles. The molecule has 24 valence electrons. The largest absolute Gasteiger partial charge is 0 e. The first-order valence-electron chi connectivity index (χ1n) is 0. The molecular weight excluding hydrogens is 352 g/mol. The average molecular weight is 352 g/mol. The smallest absolute Gasteiger partial charge is 0 e. The maximum absolute atomic E-state index is 0. The van der Waals surface area contributed by atoms with Crippen molar-refractivity contribution in [1.82, 2.24) is 0 Å². The zero-order chi connectivity index (χ0) is 0. The van der Waals surface area contributed by atoms with Crippen LogP contribution in [0.2, 0.25) is 0 Å². The van der Waals surface area contributed by atoms with Crippen molar-refractivity contribution >= 4 is 49.8 Å². The van der Waals surface area contributed by atoms with Crippen molar-refractivity contribution in [1.29, 1.82) is 0 Å². The summed E-state index contributed by atoms with van der Waals surface area (Å²) in [6.07, 6.45) is 0. The fraction of sp³-hybridized carbons (Fsp3) is 0. The van der Waals surface area contributed by atoms with Crippen molar-refractivity contribution in [3.63, 3.8) is 0 Å². The van der Waals surface area contributed by atoms with E-state index in [-0.39, 0.29) is 95.7 Å². The van der Waals surface area contributed by atoms with Crippen LogP contribution in [-0.2, 0) is 38.5 Å². The van der Waals surface area contributed by atoms with E-state index in [4.69, 9.17) is 0 Å². The molecule has 12 radical (unpaired) electrons. The van der Waals surface area contributed by atoms with Gasteiger partial charge in [0.1, 0.15) is 0 Å². The van der Waals surface area contributed by atoms with Gasteiger partial charge in [0.2, 0.25) is 0 Å². The minimum absolute atomic E-state index is 0. The van der Waals surface area contributed by atoms with E-state index in [2.05, 4.69) is 0 Å². The third-order valence-electron chi connectivity index (χ3n) is 0. The van der Waals surface area contributed by atoms with Gasteiger partial charge >= 0.3 is 0 Å². The Kier molecular flexibility index (Phi) is 257. The molecule has 0 nitrogen and oxygen atoms in total. The zero-order valence-corrected chi connectivity index (χ0v) is 11.2. The van der Waals surface area contributed by atoms with E-state index in [0.717, 1.165) is 0 Å². The second-order valence-corrected chi connectivity index (χ2v) is 0. The van der Waals surface area contributed by atoms with Gasteiger partial charge < -0.3 is 0 Å². The van der Waals surface area contributed by atoms with Gasteiger partial charge in [-0.3, -0.25) is 0 Å². The first-order valence-corrected chi connectivity index (χ1v) is 0. The Morgan fingerprint density at radius 3 is 1.00 bits per heavy atom. The minimum atomic E-state index is 0. The van der Waals surface area contributed by atoms with E-state index in [1.165, 1.54) is 0 Å². The maximum Gasteiger partial charge on any atom is 0 e. The number of rotatable bonds is 0. The van der Waals surface area contributed by atoms with Gasteiger partial charge in [-0.15, -0.1) is 0 Å². The Balaban J connectivity index is 0. The van der Waals surface area contributed by atoms with Crippen LogP contribution in [0.1, 0.15) is 0 Å². The normalized spacial score (nSPS) is 0. The molecule has 0 rings (SSSR count). The van der Waals surface area contributed by atoms with E-state index in [9.17, 15) is 0 Å². The molecule has 5 heavy (non-hydrogen) atoms. The molecule has 0 N–H and O–H groups in total. The molecule has 0 atom stereocenters. The summed E-state index contributed by atoms with van der Waals surface area (Å²) >= 11 is 0. The third kappa shape index (κ3) is 19.7. The molecule has 0 fully saturated rings. The van der Waals surface area contributed by atoms with Crippen molar-refractivity contribution in [2.75, 3.05) is 0 Å². The average Bonchev–Trinajstić information content (AvgIpc) is 0. The molecule has 0 unspecified atom stereocenters. The first-order chi connectivity index (χ1) is 0. The summed E-state index contributed by atoms with van der Waals surface area (Å²) < 4.78 is 0. The second-order valence-electron chi connectivity index (χ2n) is 0. The summed E-state index contributed by atoms with van der Waals surface area (Å²) in [5.74, 6) is 0. The molecule has 0 aliphatic rings. The van der Waals surface area contributed by atoms with Crippen molar-refractivity contribution < 1.29 is 38.5 Å². The van der Waals surface area contributed by atoms with Crippen LogP contribution in [0.4, 0.5) is 0 Å². The molecule has 0 saturated heterocycles. The molecule has 0 aromatic rings. The van der Waals surface area contributed by atoms with Crippen LogP contribution in [-0.4, -0.2) is 49.8 Å². The van der Waals surface area contributed by atoms with Gasteiger partial charge in [0.25, 0.3) is 0 Å². The van der Waals surface area contributed by atoms with Crippen LogP contribution >= 0.6 is 0 Å². The standard InChI is InChI=1S/C.Co.In.Sn.Ti. The van der Waals surface area contributed by atoms with Crippen LogP contribution in [0.3, 0.4) is 0 Å². The second kappa shape index (κ2) is 28.6. The first kappa shape index (κ1) is 44.9. The summed E-state index contributed by atoms with van der Waals surface area (Å²) in [4.78, 5) is 0. The SMILES string of the molecule is [C].[Co].[In].[Sn].[Ti]. The van der Waals surface area contributed by atoms with E-state index < -0.39 is 0 Å². The van der Waals surface area contributed by atoms with Crippen LogP contribution in [0.25, 0.3) is 0 Å². The number of hydrogen-bond acceptors (Lipinski definition) is 0. The predicted molar refractivity (Wildman–Crippen MR) is 14.8 cm³/mol. The molecule has 0 spiro atoms. The Morgan fingerprint density at radius 1 is 1.00 bits per heavy atom. The Bertz CT molecular complexity index is 11.6. The van der Waals surface area contributed by atoms with Gasteiger partial charge in [0, 0.05) is 95.7 Å². The molecular formula is CCoInSnTi. The summed E-state index contributed by atoms with van der Waals surface area (Å²) in [5, 5.41) is 0. The maximum atomic E-state index is 0. The fourth-order valence-corrected chi connectivity index (χ4v) is 0. The van der Waals surface area contributed by atoms with Gasteiger partial charge in [-0.2, -0.15) is 0 Å². The van der Waals surface area contributed by atoms with Crippen LogP contribution < -0.4 is 0 Å². The minimum Gasteiger partial charge on any atom is 0 e. The Hall–Kier alpha value is 2.89. The molecule has 0 saturated carbocycles. The van der Waals surface area contributed by atoms with Crippen molar-refractivity contribution in [3.8, 4) is 0 Å². The number of hydrogen-bond donors (Lipinski definition) is 0. The molecule has 0 bridgehead atoms. The third-order valence-corrected chi connectivity index (χ3v) is 0. The Morgan fingerprint density at radius 2 is 1.00 bits per heavy atom. The topological polar surface area (TPSA) is 0 Å². The van der Waals surface area contributed by atoms with Crippen LogP contribution in [0.5, 0.6) is 0 Å². The zero-order valence-electron chi connectivity index (χ0n) is 2.41. The van der Waals surface area contributed by atoms with Crippen molar-refractivity contribution in [2.24, 2.45) is 0 Å². The monoisotopic (exact) mass is 354 g/mol. The van der Waals surface area contributed by atoms with Crippen LogP contribution in [0, 0.1) is 7.43 Å². The Labute approximate surface area is 94.1 Å². The van der Waals surface area contributed by atoms with Gasteiger partial charge in [-0.05, 0) is 0 Å².